The Hall–Kier alpha value is -2.73. The topological polar surface area (TPSA) is 105 Å². The fourth-order valence-electron chi connectivity index (χ4n) is 1.62. The zero-order valence-corrected chi connectivity index (χ0v) is 10.5. The normalized spacial score (nSPS) is 11.7. The Balaban J connectivity index is 2.02. The van der Waals surface area contributed by atoms with Gasteiger partial charge in [0.15, 0.2) is 0 Å². The molecule has 0 saturated heterocycles. The predicted molar refractivity (Wildman–Crippen MR) is 72.3 cm³/mol. The first-order valence-corrected chi connectivity index (χ1v) is 5.87. The molecule has 2 aromatic carbocycles. The van der Waals surface area contributed by atoms with Crippen LogP contribution in [0.15, 0.2) is 48.5 Å². The van der Waals surface area contributed by atoms with E-state index in [0.717, 1.165) is 0 Å². The maximum Gasteiger partial charge on any atom is 0.414 e. The van der Waals surface area contributed by atoms with Gasteiger partial charge in [0.05, 0.1) is 0 Å². The van der Waals surface area contributed by atoms with Gasteiger partial charge in [0.1, 0.15) is 23.4 Å². The van der Waals surface area contributed by atoms with E-state index in [-0.39, 0.29) is 17.1 Å². The average Bonchev–Trinajstić information content (AvgIpc) is 2.42. The zero-order valence-electron chi connectivity index (χ0n) is 10.5. The lowest BCUT2D eigenvalue weighted by Gasteiger charge is -2.15. The van der Waals surface area contributed by atoms with Crippen molar-refractivity contribution in [3.05, 3.63) is 54.1 Å². The van der Waals surface area contributed by atoms with E-state index in [9.17, 15) is 15.0 Å². The summed E-state index contributed by atoms with van der Waals surface area (Å²) < 4.78 is 5.00. The van der Waals surface area contributed by atoms with Gasteiger partial charge < -0.3 is 26.0 Å². The lowest BCUT2D eigenvalue weighted by atomic mass is 10.1. The minimum absolute atomic E-state index is 0.0634. The molecule has 0 bridgehead atoms. The number of rotatable bonds is 3. The molecule has 6 nitrogen and oxygen atoms in total. The van der Waals surface area contributed by atoms with Gasteiger partial charge >= 0.3 is 6.09 Å². The van der Waals surface area contributed by atoms with Crippen molar-refractivity contribution in [2.75, 3.05) is 0 Å². The van der Waals surface area contributed by atoms with E-state index in [0.29, 0.717) is 5.75 Å². The summed E-state index contributed by atoms with van der Waals surface area (Å²) in [6, 6.07) is 12.4. The van der Waals surface area contributed by atoms with Crippen molar-refractivity contribution in [3.8, 4) is 17.2 Å². The number of carbonyl (C=O) groups excluding carboxylic acids is 1. The van der Waals surface area contributed by atoms with E-state index >= 15 is 0 Å². The van der Waals surface area contributed by atoms with Crippen LogP contribution in [0.2, 0.25) is 0 Å². The third-order valence-electron chi connectivity index (χ3n) is 2.57. The molecular formula is C14H14N2O4. The number of aromatic hydroxyl groups is 2. The fourth-order valence-corrected chi connectivity index (χ4v) is 1.62. The lowest BCUT2D eigenvalue weighted by Crippen LogP contribution is -2.36. The molecule has 0 heterocycles. The van der Waals surface area contributed by atoms with Gasteiger partial charge in [-0.15, -0.1) is 0 Å². The van der Waals surface area contributed by atoms with Crippen LogP contribution in [0, 0.1) is 0 Å². The van der Waals surface area contributed by atoms with Gasteiger partial charge in [0.25, 0.3) is 0 Å². The lowest BCUT2D eigenvalue weighted by molar-refractivity contribution is 0.196. The number of para-hydroxylation sites is 1. The smallest absolute Gasteiger partial charge is 0.414 e. The Morgan fingerprint density at radius 3 is 2.55 bits per heavy atom. The molecule has 0 spiro atoms. The van der Waals surface area contributed by atoms with Gasteiger partial charge in [-0.1, -0.05) is 18.2 Å². The van der Waals surface area contributed by atoms with Gasteiger partial charge in [-0.25, -0.2) is 4.79 Å². The van der Waals surface area contributed by atoms with E-state index in [1.165, 1.54) is 18.2 Å². The van der Waals surface area contributed by atoms with E-state index in [1.807, 2.05) is 0 Å². The molecular weight excluding hydrogens is 260 g/mol. The summed E-state index contributed by atoms with van der Waals surface area (Å²) in [6.45, 7) is 0. The van der Waals surface area contributed by atoms with Crippen LogP contribution in [0.4, 0.5) is 4.79 Å². The highest BCUT2D eigenvalue weighted by Crippen LogP contribution is 2.25. The van der Waals surface area contributed by atoms with Crippen LogP contribution in [0.5, 0.6) is 17.2 Å². The quantitative estimate of drug-likeness (QED) is 0.505. The van der Waals surface area contributed by atoms with Gasteiger partial charge in [0, 0.05) is 5.56 Å². The average molecular weight is 274 g/mol. The number of phenols is 2. The SMILES string of the molecule is NC(NC(=O)Oc1ccccc1)c1cc(O)ccc1O. The maximum atomic E-state index is 11.6. The van der Waals surface area contributed by atoms with Crippen LogP contribution in [-0.4, -0.2) is 16.3 Å². The number of nitrogens with two attached hydrogens (primary N) is 1. The highest BCUT2D eigenvalue weighted by molar-refractivity contribution is 5.71. The van der Waals surface area contributed by atoms with Crippen LogP contribution >= 0.6 is 0 Å². The molecule has 1 unspecified atom stereocenters. The first-order valence-electron chi connectivity index (χ1n) is 5.87. The summed E-state index contributed by atoms with van der Waals surface area (Å²) in [7, 11) is 0. The van der Waals surface area contributed by atoms with Gasteiger partial charge in [-0.05, 0) is 30.3 Å². The van der Waals surface area contributed by atoms with Crippen LogP contribution in [0.25, 0.3) is 0 Å². The minimum Gasteiger partial charge on any atom is -0.508 e. The van der Waals surface area contributed by atoms with E-state index < -0.39 is 12.3 Å². The summed E-state index contributed by atoms with van der Waals surface area (Å²) in [4.78, 5) is 11.6. The number of carbonyl (C=O) groups is 1. The van der Waals surface area contributed by atoms with Crippen molar-refractivity contribution in [2.45, 2.75) is 6.17 Å². The summed E-state index contributed by atoms with van der Waals surface area (Å²) >= 11 is 0. The van der Waals surface area contributed by atoms with Crippen LogP contribution < -0.4 is 15.8 Å². The molecule has 0 aliphatic carbocycles. The standard InChI is InChI=1S/C14H14N2O4/c15-13(11-8-9(17)6-7-12(11)18)16-14(19)20-10-4-2-1-3-5-10/h1-8,13,17-18H,15H2,(H,16,19). The molecule has 0 aromatic heterocycles. The molecule has 20 heavy (non-hydrogen) atoms. The summed E-state index contributed by atoms with van der Waals surface area (Å²) in [6.07, 6.45) is -1.76. The fraction of sp³-hybridized carbons (Fsp3) is 0.0714. The number of benzene rings is 2. The minimum atomic E-state index is -1.00. The third kappa shape index (κ3) is 3.39. The molecule has 104 valence electrons. The monoisotopic (exact) mass is 274 g/mol. The van der Waals surface area contributed by atoms with Crippen molar-refractivity contribution < 1.29 is 19.7 Å². The zero-order chi connectivity index (χ0) is 14.5. The van der Waals surface area contributed by atoms with Crippen LogP contribution in [0.3, 0.4) is 0 Å². The number of nitrogens with one attached hydrogen (secondary N) is 1. The molecule has 5 N–H and O–H groups in total. The van der Waals surface area contributed by atoms with Crippen molar-refractivity contribution in [3.63, 3.8) is 0 Å². The molecule has 0 saturated carbocycles. The maximum absolute atomic E-state index is 11.6. The summed E-state index contributed by atoms with van der Waals surface area (Å²) in [5, 5.41) is 21.3. The molecule has 0 aliphatic heterocycles. The Labute approximate surface area is 115 Å². The molecule has 0 aliphatic rings. The first-order chi connectivity index (χ1) is 9.56. The second-order valence-electron chi connectivity index (χ2n) is 4.07. The second kappa shape index (κ2) is 5.94. The molecule has 0 radical (unpaired) electrons. The summed E-state index contributed by atoms with van der Waals surface area (Å²) in [5.41, 5.74) is 5.93. The Morgan fingerprint density at radius 1 is 1.15 bits per heavy atom. The number of hydrogen-bond donors (Lipinski definition) is 4. The number of ether oxygens (including phenoxy) is 1. The largest absolute Gasteiger partial charge is 0.508 e. The predicted octanol–water partition coefficient (Wildman–Crippen LogP) is 1.84. The summed E-state index contributed by atoms with van der Waals surface area (Å²) in [5.74, 6) is 0.180. The first kappa shape index (κ1) is 13.7. The van der Waals surface area contributed by atoms with E-state index in [2.05, 4.69) is 5.32 Å². The molecule has 1 amide bonds. The van der Waals surface area contributed by atoms with Gasteiger partial charge in [0.2, 0.25) is 0 Å². The molecule has 2 aromatic rings. The molecule has 2 rings (SSSR count). The van der Waals surface area contributed by atoms with Crippen molar-refractivity contribution >= 4 is 6.09 Å². The molecule has 0 fully saturated rings. The van der Waals surface area contributed by atoms with Crippen LogP contribution in [-0.2, 0) is 0 Å². The Bertz CT molecular complexity index is 601. The second-order valence-corrected chi connectivity index (χ2v) is 4.07. The van der Waals surface area contributed by atoms with Gasteiger partial charge in [-0.3, -0.25) is 0 Å². The van der Waals surface area contributed by atoms with Crippen molar-refractivity contribution in [2.24, 2.45) is 5.73 Å². The van der Waals surface area contributed by atoms with Crippen molar-refractivity contribution in [1.82, 2.24) is 5.32 Å². The van der Waals surface area contributed by atoms with E-state index in [1.54, 1.807) is 30.3 Å². The third-order valence-corrected chi connectivity index (χ3v) is 2.57. The molecule has 1 atom stereocenters. The Kier molecular flexibility index (Phi) is 4.07. The van der Waals surface area contributed by atoms with E-state index in [4.69, 9.17) is 10.5 Å². The number of phenolic OH excluding ortho intramolecular Hbond substituents is 2. The number of hydrogen-bond acceptors (Lipinski definition) is 5. The van der Waals surface area contributed by atoms with Crippen LogP contribution in [0.1, 0.15) is 11.7 Å². The molecule has 6 heteroatoms. The van der Waals surface area contributed by atoms with Gasteiger partial charge in [-0.2, -0.15) is 0 Å². The highest BCUT2D eigenvalue weighted by atomic mass is 16.6. The highest BCUT2D eigenvalue weighted by Gasteiger charge is 2.15. The Morgan fingerprint density at radius 2 is 1.85 bits per heavy atom. The number of amides is 1. The van der Waals surface area contributed by atoms with Crippen molar-refractivity contribution in [1.29, 1.82) is 0 Å².